The van der Waals surface area contributed by atoms with E-state index in [1.807, 2.05) is 7.11 Å². The molecule has 0 radical (unpaired) electrons. The lowest BCUT2D eigenvalue weighted by atomic mass is 9.57. The predicted octanol–water partition coefficient (Wildman–Crippen LogP) is 21.5. The second-order valence-corrected chi connectivity index (χ2v) is 23.7. The number of hydrogen-bond donors (Lipinski definition) is 0. The SMILES string of the molecule is COC1=CC=C2c3c(-c4ccccc4)c4c(c(-c5ccccc5)c3C3C(C)C=CC1C23C)-c1cccc2c(-c3ccc5c6c(-c7ccccc7)c7c8cccc9c(OC)ccc(c7c(-c7ccccc7)c6c6cccc3c65)c98)ccc-4c12. The van der Waals surface area contributed by atoms with Crippen molar-refractivity contribution in [3.8, 4) is 83.6 Å². The van der Waals surface area contributed by atoms with Gasteiger partial charge < -0.3 is 9.47 Å². The molecule has 0 saturated heterocycles. The van der Waals surface area contributed by atoms with Crippen molar-refractivity contribution in [2.24, 2.45) is 17.3 Å². The number of hydrogen-bond acceptors (Lipinski definition) is 2. The van der Waals surface area contributed by atoms with Crippen molar-refractivity contribution in [1.82, 2.24) is 0 Å². The van der Waals surface area contributed by atoms with Gasteiger partial charge in [-0.05, 0) is 183 Å². The van der Waals surface area contributed by atoms with Crippen molar-refractivity contribution in [3.63, 3.8) is 0 Å². The van der Waals surface area contributed by atoms with E-state index in [1.165, 1.54) is 165 Å². The topological polar surface area (TPSA) is 18.5 Å². The summed E-state index contributed by atoms with van der Waals surface area (Å²) >= 11 is 0. The van der Waals surface area contributed by atoms with Gasteiger partial charge >= 0.3 is 0 Å². The lowest BCUT2D eigenvalue weighted by molar-refractivity contribution is 0.163. The molecule has 4 atom stereocenters. The maximum Gasteiger partial charge on any atom is 0.126 e. The number of fused-ring (bicyclic) bond motifs is 12. The Labute approximate surface area is 476 Å². The molecule has 4 aliphatic rings. The predicted molar refractivity (Wildman–Crippen MR) is 345 cm³/mol. The van der Waals surface area contributed by atoms with Gasteiger partial charge in [0, 0.05) is 28.0 Å². The van der Waals surface area contributed by atoms with Crippen molar-refractivity contribution in [2.45, 2.75) is 19.8 Å². The molecule has 0 amide bonds. The normalized spacial score (nSPS) is 18.5. The number of methoxy groups -OCH3 is 2. The minimum Gasteiger partial charge on any atom is -0.500 e. The van der Waals surface area contributed by atoms with Gasteiger partial charge in [0.25, 0.3) is 0 Å². The molecule has 14 aromatic carbocycles. The first kappa shape index (κ1) is 46.0. The zero-order chi connectivity index (χ0) is 54.3. The van der Waals surface area contributed by atoms with Crippen LogP contribution < -0.4 is 4.74 Å². The van der Waals surface area contributed by atoms with Crippen molar-refractivity contribution < 1.29 is 9.47 Å². The first-order valence-corrected chi connectivity index (χ1v) is 29.1. The van der Waals surface area contributed by atoms with Crippen LogP contribution in [0.3, 0.4) is 0 Å². The van der Waals surface area contributed by atoms with E-state index < -0.39 is 0 Å². The molecule has 0 heterocycles. The summed E-state index contributed by atoms with van der Waals surface area (Å²) in [6, 6.07) is 80.2. The van der Waals surface area contributed by atoms with Gasteiger partial charge in [-0.25, -0.2) is 0 Å². The number of allylic oxidation sites excluding steroid dienone is 5. The van der Waals surface area contributed by atoms with Crippen molar-refractivity contribution in [3.05, 3.63) is 254 Å². The highest BCUT2D eigenvalue weighted by molar-refractivity contribution is 6.47. The van der Waals surface area contributed by atoms with Crippen molar-refractivity contribution in [1.29, 1.82) is 0 Å². The standard InChI is InChI=1S/C80H54O2/c1-44-34-40-60-63(82-4)43-41-61-77-66(47-24-13-7-14-25-47)76-58-38-36-50(52-29-18-32-55(69(52)58)73(76)67(48-26-15-8-16-27-48)78(77)79(44)80(60,61)2)49-35-37-57-68-51(49)28-17-31-54(68)71-64(45-20-9-5-10-21-45)75-59-39-42-62(81-3)53-30-19-33-56(70(53)59)72(75)65(74(57)71)46-22-11-6-12-23-46/h5-44,60,79H,1-4H3. The zero-order valence-electron chi connectivity index (χ0n) is 46.1. The molecule has 4 aliphatic carbocycles. The van der Waals surface area contributed by atoms with Crippen molar-refractivity contribution >= 4 is 81.0 Å². The van der Waals surface area contributed by atoms with Crippen LogP contribution >= 0.6 is 0 Å². The number of benzene rings is 12. The van der Waals surface area contributed by atoms with E-state index in [0.717, 1.165) is 16.9 Å². The minimum absolute atomic E-state index is 0.129. The van der Waals surface area contributed by atoms with Gasteiger partial charge in [-0.15, -0.1) is 0 Å². The molecule has 82 heavy (non-hydrogen) atoms. The Morgan fingerprint density at radius 3 is 1.37 bits per heavy atom. The maximum atomic E-state index is 6.24. The summed E-state index contributed by atoms with van der Waals surface area (Å²) in [6.45, 7) is 4.97. The molecule has 0 spiro atoms. The molecular weight excluding hydrogens is 993 g/mol. The van der Waals surface area contributed by atoms with Crippen LogP contribution in [0.5, 0.6) is 5.75 Å². The first-order chi connectivity index (χ1) is 40.5. The van der Waals surface area contributed by atoms with Crippen LogP contribution in [0.25, 0.3) is 159 Å². The van der Waals surface area contributed by atoms with Crippen LogP contribution in [-0.4, -0.2) is 14.2 Å². The highest BCUT2D eigenvalue weighted by atomic mass is 16.5. The second-order valence-electron chi connectivity index (χ2n) is 23.7. The molecule has 4 unspecified atom stereocenters. The average molecular weight is 1050 g/mol. The Kier molecular flexibility index (Phi) is 9.35. The summed E-state index contributed by atoms with van der Waals surface area (Å²) in [7, 11) is 3.63. The molecule has 0 fully saturated rings. The lowest BCUT2D eigenvalue weighted by Crippen LogP contribution is -2.38. The quantitative estimate of drug-likeness (QED) is 0.148. The third-order valence-electron chi connectivity index (χ3n) is 20.0. The van der Waals surface area contributed by atoms with Crippen LogP contribution in [0.4, 0.5) is 0 Å². The Bertz CT molecular complexity index is 5080. The number of ether oxygens (including phenoxy) is 2. The van der Waals surface area contributed by atoms with Crippen LogP contribution in [0, 0.1) is 17.3 Å². The summed E-state index contributed by atoms with van der Waals surface area (Å²) in [5.74, 6) is 2.59. The van der Waals surface area contributed by atoms with Gasteiger partial charge in [-0.3, -0.25) is 0 Å². The van der Waals surface area contributed by atoms with Crippen molar-refractivity contribution in [2.75, 3.05) is 14.2 Å². The van der Waals surface area contributed by atoms with Crippen LogP contribution in [0.15, 0.2) is 242 Å². The minimum atomic E-state index is -0.205. The molecule has 2 nitrogen and oxygen atoms in total. The van der Waals surface area contributed by atoms with Gasteiger partial charge in [-0.1, -0.05) is 232 Å². The molecule has 2 heteroatoms. The summed E-state index contributed by atoms with van der Waals surface area (Å²) in [5, 5.41) is 17.8. The summed E-state index contributed by atoms with van der Waals surface area (Å²) < 4.78 is 12.3. The van der Waals surface area contributed by atoms with E-state index in [0.29, 0.717) is 5.92 Å². The molecule has 0 aromatic heterocycles. The van der Waals surface area contributed by atoms with Gasteiger partial charge in [-0.2, -0.15) is 0 Å². The smallest absolute Gasteiger partial charge is 0.126 e. The van der Waals surface area contributed by atoms with Crippen LogP contribution in [-0.2, 0) is 4.74 Å². The largest absolute Gasteiger partial charge is 0.500 e. The van der Waals surface area contributed by atoms with E-state index in [-0.39, 0.29) is 17.3 Å². The Morgan fingerprint density at radius 1 is 0.329 bits per heavy atom. The highest BCUT2D eigenvalue weighted by Crippen LogP contribution is 2.72. The monoisotopic (exact) mass is 1050 g/mol. The van der Waals surface area contributed by atoms with E-state index in [1.54, 1.807) is 7.11 Å². The van der Waals surface area contributed by atoms with Crippen LogP contribution in [0.1, 0.15) is 30.9 Å². The molecular formula is C80H54O2. The zero-order valence-corrected chi connectivity index (χ0v) is 46.1. The highest BCUT2D eigenvalue weighted by Gasteiger charge is 2.58. The van der Waals surface area contributed by atoms with E-state index in [9.17, 15) is 0 Å². The van der Waals surface area contributed by atoms with E-state index in [4.69, 9.17) is 9.47 Å². The molecule has 0 saturated carbocycles. The second kappa shape index (κ2) is 16.7. The van der Waals surface area contributed by atoms with Gasteiger partial charge in [0.1, 0.15) is 11.5 Å². The lowest BCUT2D eigenvalue weighted by Gasteiger charge is -2.46. The fraction of sp³-hybridized carbons (Fsp3) is 0.100. The molecule has 0 aliphatic heterocycles. The Hall–Kier alpha value is -9.76. The molecule has 0 N–H and O–H groups in total. The molecule has 14 aromatic rings. The third kappa shape index (κ3) is 5.69. The van der Waals surface area contributed by atoms with E-state index in [2.05, 4.69) is 250 Å². The fourth-order valence-electron chi connectivity index (χ4n) is 17.0. The summed E-state index contributed by atoms with van der Waals surface area (Å²) in [5.41, 5.74) is 22.1. The maximum absolute atomic E-state index is 6.24. The Balaban J connectivity index is 0.953. The van der Waals surface area contributed by atoms with Gasteiger partial charge in [0.2, 0.25) is 0 Å². The molecule has 0 bridgehead atoms. The summed E-state index contributed by atoms with van der Waals surface area (Å²) in [4.78, 5) is 0. The first-order valence-electron chi connectivity index (χ1n) is 29.1. The third-order valence-corrected chi connectivity index (χ3v) is 20.0. The Morgan fingerprint density at radius 2 is 0.780 bits per heavy atom. The fourth-order valence-corrected chi connectivity index (χ4v) is 17.0. The van der Waals surface area contributed by atoms with Gasteiger partial charge in [0.15, 0.2) is 0 Å². The molecule has 386 valence electrons. The molecule has 18 rings (SSSR count). The van der Waals surface area contributed by atoms with Crippen LogP contribution in [0.2, 0.25) is 0 Å². The average Bonchev–Trinajstić information content (AvgIpc) is 1.89. The number of rotatable bonds is 7. The van der Waals surface area contributed by atoms with E-state index >= 15 is 0 Å². The summed E-state index contributed by atoms with van der Waals surface area (Å²) in [6.07, 6.45) is 9.58. The van der Waals surface area contributed by atoms with Gasteiger partial charge in [0.05, 0.1) is 14.2 Å².